The van der Waals surface area contributed by atoms with Crippen molar-refractivity contribution in [3.63, 3.8) is 0 Å². The van der Waals surface area contributed by atoms with Crippen LogP contribution in [0.1, 0.15) is 43.2 Å². The molecule has 1 amide bonds. The lowest BCUT2D eigenvalue weighted by Gasteiger charge is -2.34. The maximum absolute atomic E-state index is 12.9. The third-order valence-electron chi connectivity index (χ3n) is 5.05. The molecule has 0 bridgehead atoms. The van der Waals surface area contributed by atoms with E-state index in [0.717, 1.165) is 25.1 Å². The summed E-state index contributed by atoms with van der Waals surface area (Å²) in [6.07, 6.45) is 4.70. The van der Waals surface area contributed by atoms with Crippen LogP contribution in [0.5, 0.6) is 0 Å². The number of rotatable bonds is 2. The van der Waals surface area contributed by atoms with Gasteiger partial charge in [-0.3, -0.25) is 9.59 Å². The highest BCUT2D eigenvalue weighted by atomic mass is 16.4. The lowest BCUT2D eigenvalue weighted by molar-refractivity contribution is -0.144. The smallest absolute Gasteiger partial charge is 0.306 e. The first kappa shape index (κ1) is 15.1. The van der Waals surface area contributed by atoms with Gasteiger partial charge in [0.2, 0.25) is 5.91 Å². The Morgan fingerprint density at radius 2 is 1.82 bits per heavy atom. The normalized spacial score (nSPS) is 24.7. The average molecular weight is 301 g/mol. The summed E-state index contributed by atoms with van der Waals surface area (Å²) >= 11 is 0. The Morgan fingerprint density at radius 3 is 2.50 bits per heavy atom. The number of carbonyl (C=O) groups excluding carboxylic acids is 1. The van der Waals surface area contributed by atoms with Crippen molar-refractivity contribution in [1.82, 2.24) is 0 Å². The molecule has 1 aromatic rings. The molecule has 0 spiro atoms. The second kappa shape index (κ2) is 6.11. The number of hydrogen-bond donors (Lipinski definition) is 1. The molecule has 3 rings (SSSR count). The maximum atomic E-state index is 12.9. The minimum Gasteiger partial charge on any atom is -0.481 e. The Hall–Kier alpha value is -1.84. The number of carbonyl (C=O) groups is 2. The third kappa shape index (κ3) is 2.87. The summed E-state index contributed by atoms with van der Waals surface area (Å²) in [4.78, 5) is 25.8. The van der Waals surface area contributed by atoms with Crippen LogP contribution in [0.3, 0.4) is 0 Å². The second-order valence-corrected chi connectivity index (χ2v) is 6.61. The van der Waals surface area contributed by atoms with Crippen molar-refractivity contribution >= 4 is 17.6 Å². The Kier molecular flexibility index (Phi) is 4.19. The van der Waals surface area contributed by atoms with E-state index in [9.17, 15) is 9.59 Å². The van der Waals surface area contributed by atoms with Crippen molar-refractivity contribution in [3.05, 3.63) is 29.3 Å². The second-order valence-electron chi connectivity index (χ2n) is 6.61. The van der Waals surface area contributed by atoms with Crippen LogP contribution in [0.4, 0.5) is 5.69 Å². The van der Waals surface area contributed by atoms with Crippen molar-refractivity contribution in [3.8, 4) is 0 Å². The first-order chi connectivity index (χ1) is 10.6. The summed E-state index contributed by atoms with van der Waals surface area (Å²) in [7, 11) is 0. The molecule has 1 N–H and O–H groups in total. The van der Waals surface area contributed by atoms with Gasteiger partial charge < -0.3 is 10.0 Å². The van der Waals surface area contributed by atoms with Gasteiger partial charge in [0.05, 0.1) is 5.92 Å². The molecule has 0 radical (unpaired) electrons. The van der Waals surface area contributed by atoms with Gasteiger partial charge in [-0.15, -0.1) is 0 Å². The average Bonchev–Trinajstić information content (AvgIpc) is 2.53. The number of fused-ring (bicyclic) bond motifs is 1. The minimum atomic E-state index is -0.718. The lowest BCUT2D eigenvalue weighted by Crippen LogP contribution is -2.41. The van der Waals surface area contributed by atoms with E-state index in [0.29, 0.717) is 25.7 Å². The number of hydrogen-bond acceptors (Lipinski definition) is 2. The third-order valence-corrected chi connectivity index (χ3v) is 5.05. The van der Waals surface area contributed by atoms with Crippen molar-refractivity contribution in [1.29, 1.82) is 0 Å². The molecule has 4 heteroatoms. The van der Waals surface area contributed by atoms with Gasteiger partial charge in [-0.05, 0) is 57.1 Å². The zero-order chi connectivity index (χ0) is 15.7. The Balaban J connectivity index is 1.73. The van der Waals surface area contributed by atoms with Gasteiger partial charge in [-0.1, -0.05) is 17.7 Å². The fraction of sp³-hybridized carbons (Fsp3) is 0.556. The van der Waals surface area contributed by atoms with Gasteiger partial charge >= 0.3 is 5.97 Å². The molecule has 0 unspecified atom stereocenters. The van der Waals surface area contributed by atoms with Crippen molar-refractivity contribution < 1.29 is 14.7 Å². The molecular formula is C18H23NO3. The molecule has 1 saturated carbocycles. The number of aryl methyl sites for hydroxylation is 2. The molecule has 1 aromatic carbocycles. The fourth-order valence-corrected chi connectivity index (χ4v) is 3.76. The van der Waals surface area contributed by atoms with Crippen molar-refractivity contribution in [2.45, 2.75) is 45.4 Å². The Morgan fingerprint density at radius 1 is 1.14 bits per heavy atom. The van der Waals surface area contributed by atoms with Crippen molar-refractivity contribution in [2.24, 2.45) is 11.8 Å². The number of aliphatic carboxylic acids is 1. The minimum absolute atomic E-state index is 0.0112. The maximum Gasteiger partial charge on any atom is 0.306 e. The quantitative estimate of drug-likeness (QED) is 0.913. The molecular weight excluding hydrogens is 278 g/mol. The SMILES string of the molecule is Cc1ccc2c(c1)CCCN2C(=O)C1CCC(C(=O)O)CC1. The topological polar surface area (TPSA) is 57.6 Å². The summed E-state index contributed by atoms with van der Waals surface area (Å²) < 4.78 is 0. The van der Waals surface area contributed by atoms with Crippen LogP contribution in [0, 0.1) is 18.8 Å². The monoisotopic (exact) mass is 301 g/mol. The molecule has 0 saturated heterocycles. The van der Waals surface area contributed by atoms with Gasteiger partial charge in [0.1, 0.15) is 0 Å². The molecule has 2 aliphatic rings. The summed E-state index contributed by atoms with van der Waals surface area (Å²) in [6.45, 7) is 2.86. The first-order valence-electron chi connectivity index (χ1n) is 8.20. The molecule has 0 atom stereocenters. The highest BCUT2D eigenvalue weighted by Crippen LogP contribution is 2.34. The predicted octanol–water partition coefficient (Wildman–Crippen LogP) is 3.17. The summed E-state index contributed by atoms with van der Waals surface area (Å²) in [5.74, 6) is -0.804. The van der Waals surface area contributed by atoms with Crippen LogP contribution in [-0.2, 0) is 16.0 Å². The van der Waals surface area contributed by atoms with Gasteiger partial charge in [0.15, 0.2) is 0 Å². The standard InChI is InChI=1S/C18H23NO3/c1-12-4-9-16-15(11-12)3-2-10-19(16)17(20)13-5-7-14(8-6-13)18(21)22/h4,9,11,13-14H,2-3,5-8,10H2,1H3,(H,21,22). The first-order valence-corrected chi connectivity index (χ1v) is 8.20. The van der Waals surface area contributed by atoms with Crippen LogP contribution < -0.4 is 4.90 Å². The Labute approximate surface area is 131 Å². The van der Waals surface area contributed by atoms with Crippen LogP contribution >= 0.6 is 0 Å². The van der Waals surface area contributed by atoms with E-state index in [2.05, 4.69) is 25.1 Å². The highest BCUT2D eigenvalue weighted by Gasteiger charge is 2.33. The molecule has 1 aliphatic carbocycles. The van der Waals surface area contributed by atoms with Crippen LogP contribution in [0.15, 0.2) is 18.2 Å². The van der Waals surface area contributed by atoms with E-state index < -0.39 is 5.97 Å². The number of carboxylic acid groups (broad SMARTS) is 1. The molecule has 22 heavy (non-hydrogen) atoms. The van der Waals surface area contributed by atoms with Crippen molar-refractivity contribution in [2.75, 3.05) is 11.4 Å². The van der Waals surface area contributed by atoms with Gasteiger partial charge in [-0.25, -0.2) is 0 Å². The van der Waals surface area contributed by atoms with E-state index in [1.54, 1.807) is 0 Å². The number of nitrogens with zero attached hydrogens (tertiary/aromatic N) is 1. The highest BCUT2D eigenvalue weighted by molar-refractivity contribution is 5.96. The van der Waals surface area contributed by atoms with Crippen LogP contribution in [0.25, 0.3) is 0 Å². The summed E-state index contributed by atoms with van der Waals surface area (Å²) in [6, 6.07) is 6.30. The Bertz CT molecular complexity index is 588. The van der Waals surface area contributed by atoms with E-state index >= 15 is 0 Å². The largest absolute Gasteiger partial charge is 0.481 e. The molecule has 1 heterocycles. The van der Waals surface area contributed by atoms with E-state index in [-0.39, 0.29) is 17.7 Å². The zero-order valence-corrected chi connectivity index (χ0v) is 13.0. The van der Waals surface area contributed by atoms with E-state index in [1.165, 1.54) is 11.1 Å². The molecule has 1 aliphatic heterocycles. The summed E-state index contributed by atoms with van der Waals surface area (Å²) in [5.41, 5.74) is 3.55. The summed E-state index contributed by atoms with van der Waals surface area (Å²) in [5, 5.41) is 9.07. The van der Waals surface area contributed by atoms with Crippen LogP contribution in [-0.4, -0.2) is 23.5 Å². The number of amides is 1. The van der Waals surface area contributed by atoms with E-state index in [1.807, 2.05) is 4.90 Å². The number of carboxylic acids is 1. The molecule has 0 aromatic heterocycles. The molecule has 4 nitrogen and oxygen atoms in total. The van der Waals surface area contributed by atoms with Gasteiger partial charge in [-0.2, -0.15) is 0 Å². The number of anilines is 1. The van der Waals surface area contributed by atoms with Crippen LogP contribution in [0.2, 0.25) is 0 Å². The molecule has 1 fully saturated rings. The fourth-order valence-electron chi connectivity index (χ4n) is 3.76. The zero-order valence-electron chi connectivity index (χ0n) is 13.0. The predicted molar refractivity (Wildman–Crippen MR) is 84.9 cm³/mol. The molecule has 118 valence electrons. The lowest BCUT2D eigenvalue weighted by atomic mass is 9.81. The number of benzene rings is 1. The van der Waals surface area contributed by atoms with E-state index in [4.69, 9.17) is 5.11 Å². The van der Waals surface area contributed by atoms with Gasteiger partial charge in [0, 0.05) is 18.2 Å². The van der Waals surface area contributed by atoms with Gasteiger partial charge in [0.25, 0.3) is 0 Å².